The molecule has 3 aliphatic rings. The van der Waals surface area contributed by atoms with Crippen LogP contribution in [0, 0.1) is 29.6 Å². The number of hydrogen-bond donors (Lipinski definition) is 5. The molecule has 50 heavy (non-hydrogen) atoms. The minimum Gasteiger partial charge on any atom is -0.459 e. The molecule has 5 N–H and O–H groups in total. The number of methoxy groups -OCH3 is 1. The third-order valence-electron chi connectivity index (χ3n) is 12.3. The predicted molar refractivity (Wildman–Crippen MR) is 185 cm³/mol. The van der Waals surface area contributed by atoms with E-state index >= 15 is 0 Å². The van der Waals surface area contributed by atoms with Crippen molar-refractivity contribution in [3.63, 3.8) is 0 Å². The third kappa shape index (κ3) is 9.09. The molecule has 0 aromatic carbocycles. The normalized spacial score (nSPS) is 50.5. The van der Waals surface area contributed by atoms with Crippen LogP contribution in [0.5, 0.6) is 0 Å². The largest absolute Gasteiger partial charge is 0.459 e. The number of aliphatic hydroxyl groups excluding tert-OH is 3. The first kappa shape index (κ1) is 43.1. The van der Waals surface area contributed by atoms with Crippen LogP contribution in [0.4, 0.5) is 0 Å². The van der Waals surface area contributed by atoms with Gasteiger partial charge in [-0.05, 0) is 93.7 Å². The Hall–Kier alpha value is -1.26. The van der Waals surface area contributed by atoms with Crippen molar-refractivity contribution in [2.45, 2.75) is 173 Å². The highest BCUT2D eigenvalue weighted by molar-refractivity contribution is 5.83. The summed E-state index contributed by atoms with van der Waals surface area (Å²) in [6.45, 7) is 16.5. The molecule has 13 nitrogen and oxygen atoms in total. The van der Waals surface area contributed by atoms with Gasteiger partial charge in [0.2, 0.25) is 0 Å². The summed E-state index contributed by atoms with van der Waals surface area (Å²) in [5, 5.41) is 57.5. The van der Waals surface area contributed by atoms with Gasteiger partial charge in [0.25, 0.3) is 0 Å². The van der Waals surface area contributed by atoms with E-state index in [0.717, 1.165) is 0 Å². The fraction of sp³-hybridized carbons (Fsp3) is 0.946. The molecule has 18 atom stereocenters. The number of ketones is 1. The van der Waals surface area contributed by atoms with E-state index in [4.69, 9.17) is 23.7 Å². The van der Waals surface area contributed by atoms with Crippen molar-refractivity contribution in [1.29, 1.82) is 0 Å². The van der Waals surface area contributed by atoms with Gasteiger partial charge in [-0.3, -0.25) is 9.59 Å². The van der Waals surface area contributed by atoms with Gasteiger partial charge < -0.3 is 54.1 Å². The van der Waals surface area contributed by atoms with Crippen molar-refractivity contribution in [2.24, 2.45) is 29.6 Å². The average Bonchev–Trinajstić information content (AvgIpc) is 3.03. The number of rotatable bonds is 6. The Morgan fingerprint density at radius 1 is 0.880 bits per heavy atom. The van der Waals surface area contributed by atoms with Crippen molar-refractivity contribution < 1.29 is 58.8 Å². The van der Waals surface area contributed by atoms with Gasteiger partial charge in [-0.1, -0.05) is 20.8 Å². The van der Waals surface area contributed by atoms with Gasteiger partial charge in [0.1, 0.15) is 23.6 Å². The SMILES string of the molecule is COC1(C)C[C@@H](O[C@H]2[C@H](C)[C@@H](C[C@@H]3O[C@H](C)CC(N(C)C)C3O)[C@](C)(O)C[C@@H](C)C(=O)[C@H](C)[C@@H](O)[C@](C)(O)[C@@H](C)OC(=O)[C@@H]2C)O[C@H](C)C1O. The fourth-order valence-corrected chi connectivity index (χ4v) is 8.61. The molecule has 0 saturated carbocycles. The molecule has 0 aliphatic carbocycles. The van der Waals surface area contributed by atoms with Gasteiger partial charge in [-0.2, -0.15) is 0 Å². The first-order valence-corrected chi connectivity index (χ1v) is 18.3. The van der Waals surface area contributed by atoms with Crippen LogP contribution < -0.4 is 0 Å². The molecule has 3 saturated heterocycles. The van der Waals surface area contributed by atoms with E-state index in [-0.39, 0.29) is 37.2 Å². The van der Waals surface area contributed by atoms with Crippen molar-refractivity contribution in [3.8, 4) is 0 Å². The Balaban J connectivity index is 2.16. The van der Waals surface area contributed by atoms with E-state index in [1.165, 1.54) is 27.9 Å². The maximum atomic E-state index is 14.0. The van der Waals surface area contributed by atoms with Gasteiger partial charge in [0.05, 0.1) is 53.7 Å². The Labute approximate surface area is 298 Å². The molecule has 0 aromatic rings. The van der Waals surface area contributed by atoms with Crippen molar-refractivity contribution >= 4 is 11.8 Å². The van der Waals surface area contributed by atoms with E-state index in [2.05, 4.69) is 0 Å². The summed E-state index contributed by atoms with van der Waals surface area (Å²) in [5.41, 5.74) is -4.57. The number of Topliss-reactive ketones (excluding diaryl/α,β-unsaturated/α-hetero) is 1. The quantitative estimate of drug-likeness (QED) is 0.252. The highest BCUT2D eigenvalue weighted by atomic mass is 16.7. The second-order valence-electron chi connectivity index (χ2n) is 16.7. The Morgan fingerprint density at radius 3 is 2.04 bits per heavy atom. The number of aliphatic hydroxyl groups is 5. The molecule has 0 amide bonds. The van der Waals surface area contributed by atoms with Crippen LogP contribution in [-0.2, 0) is 33.3 Å². The predicted octanol–water partition coefficient (Wildman–Crippen LogP) is 2.06. The third-order valence-corrected chi connectivity index (χ3v) is 12.3. The second kappa shape index (κ2) is 16.4. The Bertz CT molecular complexity index is 1150. The lowest BCUT2D eigenvalue weighted by Crippen LogP contribution is -2.59. The molecule has 0 bridgehead atoms. The molecule has 3 aliphatic heterocycles. The monoisotopic (exact) mass is 717 g/mol. The van der Waals surface area contributed by atoms with Crippen LogP contribution in [-0.4, -0.2) is 141 Å². The Morgan fingerprint density at radius 2 is 1.48 bits per heavy atom. The Kier molecular flexibility index (Phi) is 14.2. The van der Waals surface area contributed by atoms with Gasteiger partial charge in [-0.25, -0.2) is 0 Å². The number of nitrogens with zero attached hydrogens (tertiary/aromatic N) is 1. The average molecular weight is 718 g/mol. The zero-order valence-electron chi connectivity index (χ0n) is 32.5. The second-order valence-corrected chi connectivity index (χ2v) is 16.7. The van der Waals surface area contributed by atoms with Gasteiger partial charge in [0.15, 0.2) is 6.29 Å². The van der Waals surface area contributed by atoms with Crippen LogP contribution >= 0.6 is 0 Å². The molecule has 3 heterocycles. The lowest BCUT2D eigenvalue weighted by molar-refractivity contribution is -0.299. The molecule has 0 radical (unpaired) electrons. The summed E-state index contributed by atoms with van der Waals surface area (Å²) in [6, 6.07) is -0.198. The highest BCUT2D eigenvalue weighted by Gasteiger charge is 2.52. The van der Waals surface area contributed by atoms with Gasteiger partial charge >= 0.3 is 5.97 Å². The van der Waals surface area contributed by atoms with Crippen LogP contribution in [0.2, 0.25) is 0 Å². The fourth-order valence-electron chi connectivity index (χ4n) is 8.61. The smallest absolute Gasteiger partial charge is 0.311 e. The van der Waals surface area contributed by atoms with Crippen LogP contribution in [0.1, 0.15) is 94.9 Å². The molecule has 292 valence electrons. The molecular formula is C37H67NO12. The standard InChI is InChI=1S/C37H67NO12/c1-18-16-35(8,44)25(15-27-30(40)26(38(11)12)14-19(2)47-27)20(3)31(50-28-17-36(9,46-13)33(42)23(6)48-28)22(5)34(43)49-24(7)37(10,45)32(41)21(4)29(18)39/h18-28,30-33,40-42,44-45H,14-17H2,1-13H3/t18-,19-,20-,21+,22-,23-,24-,25-,26?,27+,28-,30?,31+,32-,33?,35-,36?,37-/m1/s1. The van der Waals surface area contributed by atoms with Crippen LogP contribution in [0.15, 0.2) is 0 Å². The minimum absolute atomic E-state index is 0.0124. The summed E-state index contributed by atoms with van der Waals surface area (Å²) < 4.78 is 30.6. The van der Waals surface area contributed by atoms with E-state index in [1.807, 2.05) is 32.8 Å². The van der Waals surface area contributed by atoms with Gasteiger partial charge in [0, 0.05) is 31.4 Å². The van der Waals surface area contributed by atoms with E-state index in [0.29, 0.717) is 6.42 Å². The minimum atomic E-state index is -1.98. The van der Waals surface area contributed by atoms with Crippen molar-refractivity contribution in [1.82, 2.24) is 4.90 Å². The summed E-state index contributed by atoms with van der Waals surface area (Å²) in [7, 11) is 5.30. The molecule has 3 rings (SSSR count). The van der Waals surface area contributed by atoms with Crippen LogP contribution in [0.3, 0.4) is 0 Å². The summed E-state index contributed by atoms with van der Waals surface area (Å²) in [4.78, 5) is 29.7. The lowest BCUT2D eigenvalue weighted by atomic mass is 9.67. The molecule has 4 unspecified atom stereocenters. The van der Waals surface area contributed by atoms with Gasteiger partial charge in [-0.15, -0.1) is 0 Å². The zero-order valence-corrected chi connectivity index (χ0v) is 32.5. The maximum absolute atomic E-state index is 14.0. The lowest BCUT2D eigenvalue weighted by Gasteiger charge is -2.49. The molecule has 0 spiro atoms. The number of esters is 1. The number of hydrogen-bond acceptors (Lipinski definition) is 13. The van der Waals surface area contributed by atoms with E-state index < -0.39 is 101 Å². The van der Waals surface area contributed by atoms with Crippen molar-refractivity contribution in [3.05, 3.63) is 0 Å². The van der Waals surface area contributed by atoms with Crippen LogP contribution in [0.25, 0.3) is 0 Å². The molecule has 13 heteroatoms. The molecular weight excluding hydrogens is 650 g/mol. The molecule has 0 aromatic heterocycles. The number of cyclic esters (lactones) is 1. The summed E-state index contributed by atoms with van der Waals surface area (Å²) >= 11 is 0. The number of carbonyl (C=O) groups excluding carboxylic acids is 2. The number of likely N-dealkylation sites (N-methyl/N-ethyl adjacent to an activating group) is 1. The highest BCUT2D eigenvalue weighted by Crippen LogP contribution is 2.43. The van der Waals surface area contributed by atoms with E-state index in [9.17, 15) is 35.1 Å². The topological polar surface area (TPSA) is 185 Å². The van der Waals surface area contributed by atoms with E-state index in [1.54, 1.807) is 34.6 Å². The first-order valence-electron chi connectivity index (χ1n) is 18.3. The van der Waals surface area contributed by atoms with Crippen molar-refractivity contribution in [2.75, 3.05) is 21.2 Å². The first-order chi connectivity index (χ1) is 22.9. The number of carbonyl (C=O) groups is 2. The molecule has 3 fully saturated rings. The zero-order chi connectivity index (χ0) is 38.3. The summed E-state index contributed by atoms with van der Waals surface area (Å²) in [6.07, 6.45) is -7.13. The summed E-state index contributed by atoms with van der Waals surface area (Å²) in [5.74, 6) is -5.17. The number of ether oxygens (including phenoxy) is 5. The maximum Gasteiger partial charge on any atom is 0.311 e.